The first kappa shape index (κ1) is 26.5. The van der Waals surface area contributed by atoms with Crippen molar-refractivity contribution >= 4 is 45.0 Å². The van der Waals surface area contributed by atoms with E-state index in [1.54, 1.807) is 38.1 Å². The van der Waals surface area contributed by atoms with Crippen LogP contribution >= 0.6 is 27.3 Å². The zero-order valence-corrected chi connectivity index (χ0v) is 23.5. The van der Waals surface area contributed by atoms with Gasteiger partial charge in [-0.05, 0) is 62.2 Å². The van der Waals surface area contributed by atoms with Crippen molar-refractivity contribution in [1.82, 2.24) is 4.57 Å². The van der Waals surface area contributed by atoms with Crippen molar-refractivity contribution in [2.75, 3.05) is 6.61 Å². The lowest BCUT2D eigenvalue weighted by atomic mass is 10.0. The summed E-state index contributed by atoms with van der Waals surface area (Å²) < 4.78 is 14.3. The van der Waals surface area contributed by atoms with Crippen LogP contribution in [-0.2, 0) is 9.53 Å². The Bertz CT molecular complexity index is 1830. The SMILES string of the molecule is CCOC(=O)C1=C(C)N=c2s/c(=C\c3ccc(Br)cc3)c(=O)n2[C@H]1c1ccc(-c2cc([N+](=O)[O-])ccc2C)o1. The quantitative estimate of drug-likeness (QED) is 0.172. The molecule has 0 fully saturated rings. The number of non-ortho nitro benzene ring substituents is 1. The number of aryl methyl sites for hydroxylation is 1. The van der Waals surface area contributed by atoms with E-state index in [4.69, 9.17) is 9.15 Å². The van der Waals surface area contributed by atoms with Crippen molar-refractivity contribution in [3.05, 3.63) is 117 Å². The summed E-state index contributed by atoms with van der Waals surface area (Å²) in [5.41, 5.74) is 2.36. The Morgan fingerprint density at radius 1 is 1.21 bits per heavy atom. The van der Waals surface area contributed by atoms with Crippen LogP contribution in [0.25, 0.3) is 17.4 Å². The van der Waals surface area contributed by atoms with Crippen molar-refractivity contribution in [3.63, 3.8) is 0 Å². The number of rotatable bonds is 6. The molecule has 1 aliphatic rings. The highest BCUT2D eigenvalue weighted by Crippen LogP contribution is 2.36. The van der Waals surface area contributed by atoms with Gasteiger partial charge in [0.2, 0.25) is 0 Å². The molecule has 39 heavy (non-hydrogen) atoms. The summed E-state index contributed by atoms with van der Waals surface area (Å²) in [4.78, 5) is 42.7. The molecule has 0 bridgehead atoms. The van der Waals surface area contributed by atoms with E-state index < -0.39 is 16.9 Å². The topological polar surface area (TPSA) is 117 Å². The third-order valence-corrected chi connectivity index (χ3v) is 7.79. The van der Waals surface area contributed by atoms with Crippen LogP contribution in [0.1, 0.15) is 36.8 Å². The van der Waals surface area contributed by atoms with E-state index in [0.29, 0.717) is 32.1 Å². The molecule has 0 radical (unpaired) electrons. The van der Waals surface area contributed by atoms with Crippen LogP contribution < -0.4 is 14.9 Å². The number of nitro benzene ring substituents is 1. The van der Waals surface area contributed by atoms with Crippen molar-refractivity contribution in [2.24, 2.45) is 4.99 Å². The largest absolute Gasteiger partial charge is 0.463 e. The molecule has 0 saturated heterocycles. The van der Waals surface area contributed by atoms with Gasteiger partial charge in [0.1, 0.15) is 17.6 Å². The summed E-state index contributed by atoms with van der Waals surface area (Å²) in [6.07, 6.45) is 1.77. The molecule has 2 aromatic heterocycles. The van der Waals surface area contributed by atoms with Crippen LogP contribution in [0.5, 0.6) is 0 Å². The molecule has 198 valence electrons. The number of nitrogens with zero attached hydrogens (tertiary/aromatic N) is 3. The van der Waals surface area contributed by atoms with Crippen LogP contribution in [0, 0.1) is 17.0 Å². The fourth-order valence-corrected chi connectivity index (χ4v) is 5.72. The highest BCUT2D eigenvalue weighted by molar-refractivity contribution is 9.10. The van der Waals surface area contributed by atoms with Gasteiger partial charge in [-0.15, -0.1) is 0 Å². The molecule has 9 nitrogen and oxygen atoms in total. The summed E-state index contributed by atoms with van der Waals surface area (Å²) in [6.45, 7) is 5.36. The van der Waals surface area contributed by atoms with E-state index in [0.717, 1.165) is 15.6 Å². The van der Waals surface area contributed by atoms with Crippen LogP contribution in [-0.4, -0.2) is 22.1 Å². The number of nitro groups is 1. The fraction of sp³-hybridized carbons (Fsp3) is 0.179. The standard InChI is InChI=1S/C28H22BrN3O6S/c1-4-37-27(34)24-16(3)30-28-31(26(33)23(39-28)13-17-6-8-18(29)9-7-17)25(24)22-12-11-21(38-22)20-14-19(32(35)36)10-5-15(20)2/h5-14,25H,4H2,1-3H3/b23-13-/t25-/m0/s1. The molecule has 2 aromatic carbocycles. The molecule has 0 unspecified atom stereocenters. The molecule has 0 aliphatic carbocycles. The predicted molar refractivity (Wildman–Crippen MR) is 150 cm³/mol. The first-order valence-corrected chi connectivity index (χ1v) is 13.6. The van der Waals surface area contributed by atoms with E-state index in [-0.39, 0.29) is 23.4 Å². The molecule has 3 heterocycles. The number of hydrogen-bond donors (Lipinski definition) is 0. The molecule has 1 aliphatic heterocycles. The van der Waals surface area contributed by atoms with Crippen LogP contribution in [0.3, 0.4) is 0 Å². The average molecular weight is 608 g/mol. The molecule has 0 saturated carbocycles. The summed E-state index contributed by atoms with van der Waals surface area (Å²) >= 11 is 4.63. The van der Waals surface area contributed by atoms with Gasteiger partial charge in [0.25, 0.3) is 11.2 Å². The number of carbonyl (C=O) groups excluding carboxylic acids is 1. The van der Waals surface area contributed by atoms with Crippen molar-refractivity contribution < 1.29 is 18.9 Å². The van der Waals surface area contributed by atoms with Crippen LogP contribution in [0.2, 0.25) is 0 Å². The molecule has 0 amide bonds. The average Bonchev–Trinajstić information content (AvgIpc) is 3.50. The van der Waals surface area contributed by atoms with Gasteiger partial charge in [-0.1, -0.05) is 45.5 Å². The summed E-state index contributed by atoms with van der Waals surface area (Å²) in [7, 11) is 0. The van der Waals surface area contributed by atoms with Crippen molar-refractivity contribution in [3.8, 4) is 11.3 Å². The number of fused-ring (bicyclic) bond motifs is 1. The zero-order chi connectivity index (χ0) is 27.8. The minimum Gasteiger partial charge on any atom is -0.463 e. The first-order valence-electron chi connectivity index (χ1n) is 12.0. The maximum atomic E-state index is 13.7. The minimum absolute atomic E-state index is 0.0718. The van der Waals surface area contributed by atoms with E-state index >= 15 is 0 Å². The van der Waals surface area contributed by atoms with Crippen LogP contribution in [0.4, 0.5) is 5.69 Å². The molecule has 4 aromatic rings. The summed E-state index contributed by atoms with van der Waals surface area (Å²) in [5, 5.41) is 11.4. The third kappa shape index (κ3) is 5.02. The number of thiazole rings is 1. The molecule has 1 atom stereocenters. The van der Waals surface area contributed by atoms with Gasteiger partial charge in [0, 0.05) is 22.2 Å². The number of ether oxygens (including phenoxy) is 1. The molecule has 0 N–H and O–H groups in total. The van der Waals surface area contributed by atoms with Crippen LogP contribution in [0.15, 0.2) is 84.5 Å². The first-order chi connectivity index (χ1) is 18.7. The number of hydrogen-bond acceptors (Lipinski definition) is 8. The highest BCUT2D eigenvalue weighted by atomic mass is 79.9. The van der Waals surface area contributed by atoms with Gasteiger partial charge in [-0.3, -0.25) is 19.5 Å². The molecular weight excluding hydrogens is 586 g/mol. The summed E-state index contributed by atoms with van der Waals surface area (Å²) in [6, 6.07) is 14.5. The van der Waals surface area contributed by atoms with E-state index in [9.17, 15) is 19.7 Å². The van der Waals surface area contributed by atoms with E-state index in [1.807, 2.05) is 31.2 Å². The number of halogens is 1. The lowest BCUT2D eigenvalue weighted by Gasteiger charge is -2.22. The second-order valence-electron chi connectivity index (χ2n) is 8.81. The second-order valence-corrected chi connectivity index (χ2v) is 10.7. The van der Waals surface area contributed by atoms with Crippen molar-refractivity contribution in [1.29, 1.82) is 0 Å². The lowest BCUT2D eigenvalue weighted by molar-refractivity contribution is -0.384. The Hall–Kier alpha value is -4.09. The van der Waals surface area contributed by atoms with E-state index in [2.05, 4.69) is 20.9 Å². The van der Waals surface area contributed by atoms with Gasteiger partial charge < -0.3 is 9.15 Å². The molecule has 0 spiro atoms. The Labute approximate surface area is 234 Å². The number of aromatic nitrogens is 1. The number of benzene rings is 2. The lowest BCUT2D eigenvalue weighted by Crippen LogP contribution is -2.39. The highest BCUT2D eigenvalue weighted by Gasteiger charge is 2.35. The van der Waals surface area contributed by atoms with Gasteiger partial charge in [-0.25, -0.2) is 9.79 Å². The number of carbonyl (C=O) groups is 1. The van der Waals surface area contributed by atoms with Gasteiger partial charge in [-0.2, -0.15) is 0 Å². The Kier molecular flexibility index (Phi) is 7.19. The Morgan fingerprint density at radius 2 is 1.95 bits per heavy atom. The number of furan rings is 1. The monoisotopic (exact) mass is 607 g/mol. The van der Waals surface area contributed by atoms with E-state index in [1.165, 1.54) is 28.0 Å². The Morgan fingerprint density at radius 3 is 2.64 bits per heavy atom. The Balaban J connectivity index is 1.69. The molecule has 5 rings (SSSR count). The summed E-state index contributed by atoms with van der Waals surface area (Å²) in [5.74, 6) is 0.0843. The third-order valence-electron chi connectivity index (χ3n) is 6.28. The maximum absolute atomic E-state index is 13.7. The zero-order valence-electron chi connectivity index (χ0n) is 21.1. The fourth-order valence-electron chi connectivity index (χ4n) is 4.40. The van der Waals surface area contributed by atoms with Gasteiger partial charge in [0.15, 0.2) is 4.80 Å². The normalized spacial score (nSPS) is 15.2. The maximum Gasteiger partial charge on any atom is 0.338 e. The number of esters is 1. The second kappa shape index (κ2) is 10.6. The minimum atomic E-state index is -0.930. The molecule has 11 heteroatoms. The predicted octanol–water partition coefficient (Wildman–Crippen LogP) is 5.04. The smallest absolute Gasteiger partial charge is 0.338 e. The van der Waals surface area contributed by atoms with Gasteiger partial charge >= 0.3 is 5.97 Å². The molecular formula is C28H22BrN3O6S. The van der Waals surface area contributed by atoms with Gasteiger partial charge in [0.05, 0.1) is 27.3 Å². The number of allylic oxidation sites excluding steroid dienone is 1. The van der Waals surface area contributed by atoms with Crippen molar-refractivity contribution in [2.45, 2.75) is 26.8 Å².